The summed E-state index contributed by atoms with van der Waals surface area (Å²) in [5.41, 5.74) is 0.896. The number of amides is 2. The van der Waals surface area contributed by atoms with E-state index in [1.165, 1.54) is 10.6 Å². The number of phosphoric acid groups is 1. The number of alkyl halides is 3. The van der Waals surface area contributed by atoms with Crippen LogP contribution in [0.15, 0.2) is 155 Å². The molecule has 2 amide bonds. The van der Waals surface area contributed by atoms with Gasteiger partial charge in [0, 0.05) is 39.7 Å². The van der Waals surface area contributed by atoms with Gasteiger partial charge in [0.1, 0.15) is 57.0 Å². The zero-order valence-corrected chi connectivity index (χ0v) is 54.8. The molecule has 0 spiro atoms. The van der Waals surface area contributed by atoms with E-state index < -0.39 is 146 Å². The van der Waals surface area contributed by atoms with Gasteiger partial charge in [-0.05, 0) is 65.6 Å². The largest absolute Gasteiger partial charge is 0.489 e. The van der Waals surface area contributed by atoms with Crippen molar-refractivity contribution in [1.29, 1.82) is 0 Å². The van der Waals surface area contributed by atoms with E-state index in [1.807, 2.05) is 30.3 Å². The summed E-state index contributed by atoms with van der Waals surface area (Å²) in [4.78, 5) is 141. The Morgan fingerprint density at radius 3 is 1.62 bits per heavy atom. The molecule has 0 aromatic heterocycles. The lowest BCUT2D eigenvalue weighted by atomic mass is 10.1. The zero-order chi connectivity index (χ0) is 68.7. The number of benzene rings is 5. The van der Waals surface area contributed by atoms with Crippen LogP contribution in [-0.4, -0.2) is 116 Å². The first-order chi connectivity index (χ1) is 45.3. The number of fused-ring (bicyclic) bond motifs is 2. The minimum absolute atomic E-state index is 0.0953. The van der Waals surface area contributed by atoms with E-state index in [9.17, 15) is 52.5 Å². The Morgan fingerprint density at radius 2 is 1.09 bits per heavy atom. The Hall–Kier alpha value is -9.01. The summed E-state index contributed by atoms with van der Waals surface area (Å²) in [5, 5.41) is 5.29. The summed E-state index contributed by atoms with van der Waals surface area (Å²) >= 11 is 18.1. The van der Waals surface area contributed by atoms with E-state index in [2.05, 4.69) is 20.6 Å². The molecule has 5 aromatic rings. The molecule has 0 bridgehead atoms. The highest BCUT2D eigenvalue weighted by Crippen LogP contribution is 2.52. The highest BCUT2D eigenvalue weighted by atomic mass is 35.6. The highest BCUT2D eigenvalue weighted by molar-refractivity contribution is 7.48. The molecule has 1 unspecified atom stereocenters. The van der Waals surface area contributed by atoms with Gasteiger partial charge in [0.25, 0.3) is 5.56 Å². The van der Waals surface area contributed by atoms with Crippen LogP contribution in [-0.2, 0) is 118 Å². The number of phosphoric ester groups is 1. The predicted molar refractivity (Wildman–Crippen MR) is 342 cm³/mol. The molecule has 0 aliphatic carbocycles. The molecular formula is C65H67Cl3N5O21P. The highest BCUT2D eigenvalue weighted by Gasteiger charge is 2.43. The molecule has 3 N–H and O–H groups in total. The second-order valence-corrected chi connectivity index (χ2v) is 25.3. The Bertz CT molecular complexity index is 3920. The van der Waals surface area contributed by atoms with Crippen LogP contribution in [0.4, 0.5) is 0 Å². The van der Waals surface area contributed by atoms with Crippen LogP contribution < -0.4 is 26.6 Å². The summed E-state index contributed by atoms with van der Waals surface area (Å²) in [7, 11) is -5.42. The average Bonchev–Trinajstić information content (AvgIpc) is 0.756. The van der Waals surface area contributed by atoms with Gasteiger partial charge in [-0.15, -0.1) is 0 Å². The Kier molecular flexibility index (Phi) is 27.4. The van der Waals surface area contributed by atoms with Gasteiger partial charge < -0.3 is 48.4 Å². The number of pyridine rings is 1. The van der Waals surface area contributed by atoms with Crippen molar-refractivity contribution in [2.75, 3.05) is 13.2 Å². The Balaban J connectivity index is 1.16. The summed E-state index contributed by atoms with van der Waals surface area (Å²) < 4.78 is 70.4. The number of nitrogens with one attached hydrogen (secondary N) is 3. The maximum Gasteiger partial charge on any atom is 0.475 e. The maximum absolute atomic E-state index is 15.0. The van der Waals surface area contributed by atoms with Crippen LogP contribution in [0.3, 0.4) is 0 Å². The minimum atomic E-state index is -5.42. The smallest absolute Gasteiger partial charge is 0.475 e. The van der Waals surface area contributed by atoms with Gasteiger partial charge in [0.2, 0.25) is 15.6 Å². The molecule has 0 saturated carbocycles. The summed E-state index contributed by atoms with van der Waals surface area (Å²) in [6.07, 6.45) is -9.56. The van der Waals surface area contributed by atoms with Crippen LogP contribution in [0.2, 0.25) is 0 Å². The molecule has 7 rings (SSSR count). The van der Waals surface area contributed by atoms with E-state index in [1.54, 1.807) is 109 Å². The molecule has 26 nitrogen and oxygen atoms in total. The number of H-pyrrole nitrogens is 1. The zero-order valence-electron chi connectivity index (χ0n) is 51.6. The van der Waals surface area contributed by atoms with Gasteiger partial charge in [-0.25, -0.2) is 14.2 Å². The van der Waals surface area contributed by atoms with Gasteiger partial charge in [-0.1, -0.05) is 156 Å². The number of halogens is 3. The fraction of sp³-hybridized carbons (Fsp3) is 0.338. The monoisotopic (exact) mass is 1390 g/mol. The number of aromatic amines is 1. The van der Waals surface area contributed by atoms with Crippen LogP contribution in [0, 0.1) is 0 Å². The Labute approximate surface area is 559 Å². The number of esters is 6. The first kappa shape index (κ1) is 73.4. The van der Waals surface area contributed by atoms with Gasteiger partial charge in [-0.2, -0.15) is 4.98 Å². The summed E-state index contributed by atoms with van der Waals surface area (Å²) in [5.74, 6) is -8.00. The average molecular weight is 1390 g/mol. The number of aromatic nitrogens is 3. The van der Waals surface area contributed by atoms with Crippen molar-refractivity contribution >= 4 is 101 Å². The molecule has 5 aromatic carbocycles. The fourth-order valence-corrected chi connectivity index (χ4v) is 11.0. The molecular weight excluding hydrogens is 1320 g/mol. The van der Waals surface area contributed by atoms with E-state index in [0.29, 0.717) is 22.1 Å². The molecule has 0 radical (unpaired) electrons. The third kappa shape index (κ3) is 24.1. The number of ether oxygens (including phenoxy) is 7. The topological polar surface area (TPSA) is 338 Å². The van der Waals surface area contributed by atoms with Crippen molar-refractivity contribution in [3.05, 3.63) is 189 Å². The van der Waals surface area contributed by atoms with Crippen LogP contribution in [0.1, 0.15) is 75.6 Å². The molecule has 2 aliphatic heterocycles. The lowest BCUT2D eigenvalue weighted by molar-refractivity contribution is -0.187. The lowest BCUT2D eigenvalue weighted by Gasteiger charge is -2.33. The summed E-state index contributed by atoms with van der Waals surface area (Å²) in [6, 6.07) is 38.0. The molecule has 504 valence electrons. The molecule has 7 atom stereocenters. The van der Waals surface area contributed by atoms with Crippen LogP contribution >= 0.6 is 42.6 Å². The number of carbonyl (C=O) groups excluding carboxylic acids is 8. The lowest BCUT2D eigenvalue weighted by Crippen LogP contribution is -2.53. The van der Waals surface area contributed by atoms with Crippen molar-refractivity contribution in [2.45, 2.75) is 127 Å². The van der Waals surface area contributed by atoms with Crippen LogP contribution in [0.25, 0.3) is 22.3 Å². The van der Waals surface area contributed by atoms with E-state index in [0.717, 1.165) is 33.3 Å². The molecule has 30 heteroatoms. The van der Waals surface area contributed by atoms with Crippen molar-refractivity contribution in [3.63, 3.8) is 0 Å². The number of carbonyl (C=O) groups is 8. The summed E-state index contributed by atoms with van der Waals surface area (Å²) in [6.45, 7) is 0.603. The fourth-order valence-electron chi connectivity index (χ4n) is 9.25. The molecule has 0 fully saturated rings. The van der Waals surface area contributed by atoms with E-state index >= 15 is 0 Å². The number of rotatable bonds is 34. The molecule has 95 heavy (non-hydrogen) atoms. The van der Waals surface area contributed by atoms with E-state index in [4.69, 9.17) is 81.5 Å². The molecule has 0 saturated heterocycles. The molecule has 2 heterocycles. The quantitative estimate of drug-likeness (QED) is 0.0112. The van der Waals surface area contributed by atoms with Crippen molar-refractivity contribution < 1.29 is 89.7 Å². The number of hydrogen-bond acceptors (Lipinski definition) is 22. The van der Waals surface area contributed by atoms with Gasteiger partial charge in [-0.3, -0.25) is 56.9 Å². The first-order valence-corrected chi connectivity index (χ1v) is 32.0. The Morgan fingerprint density at radius 1 is 0.600 bits per heavy atom. The second-order valence-electron chi connectivity index (χ2n) is 21.2. The van der Waals surface area contributed by atoms with E-state index in [-0.39, 0.29) is 55.5 Å². The van der Waals surface area contributed by atoms with Crippen molar-refractivity contribution in [2.24, 2.45) is 0 Å². The third-order valence-corrected chi connectivity index (χ3v) is 15.5. The number of nitrogens with zero attached hydrogens (tertiary/aromatic N) is 2. The first-order valence-electron chi connectivity index (χ1n) is 29.4. The van der Waals surface area contributed by atoms with Crippen molar-refractivity contribution in [3.8, 4) is 17.1 Å². The standard InChI is InChI=1S/C65H67Cl3N5O21P/c1-40(60(79)69-51(27-29-56(77)86-35-45-19-11-6-12-20-45)62(81)70-52(63(82)88-37-47-23-15-8-16-24-47)28-30-57(78)87-36-46-21-13-7-14-22-46)94-95(84,90-39-65(66,67)68)89-38-55(92-42(3)75)58(93-43(4)76)54(91-41(2)74)33-73-53-32-49(85-34-44-17-9-5-10-18-44)26-25-48(53)31-50-59(73)71-64(83)72-61(50)80/h5-26,31-32,40,51-52,54-55,58H,27-30,33-39H2,1-4H3,(H,69,79)(H,70,81)(H,72,80,83)/t40-,51-,52-,54-,55+,58-,95?/m0/s1. The van der Waals surface area contributed by atoms with Crippen LogP contribution in [0.5, 0.6) is 5.75 Å². The third-order valence-electron chi connectivity index (χ3n) is 13.7. The normalized spacial score (nSPS) is 13.9. The van der Waals surface area contributed by atoms with Gasteiger partial charge in [0.15, 0.2) is 24.1 Å². The maximum atomic E-state index is 15.0. The minimum Gasteiger partial charge on any atom is -0.489 e. The second kappa shape index (κ2) is 35.5. The van der Waals surface area contributed by atoms with Crippen molar-refractivity contribution in [1.82, 2.24) is 25.2 Å². The van der Waals surface area contributed by atoms with Gasteiger partial charge in [0.05, 0.1) is 24.2 Å². The number of hydrogen-bond donors (Lipinski definition) is 3. The SMILES string of the molecule is CC(=O)O[C@@H]([C@H](Cn1c2nc(=O)[nH]c(=O)c-2cc2ccc(OCc3ccccc3)cc21)OC(C)=O)[C@@H](COP(=O)(OCC(Cl)(Cl)Cl)O[C@@H](C)C(=O)N[C@@H](CCC(=O)OCc1ccccc1)C(=O)N[C@@H](CCC(=O)OCc1ccccc1)C(=O)OCc1ccccc1)OC(C)=O. The predicted octanol–water partition coefficient (Wildman–Crippen LogP) is 8.24. The van der Waals surface area contributed by atoms with Gasteiger partial charge >= 0.3 is 49.3 Å². The molecule has 2 aliphatic rings.